The first-order valence-corrected chi connectivity index (χ1v) is 6.20. The Morgan fingerprint density at radius 1 is 1.61 bits per heavy atom. The summed E-state index contributed by atoms with van der Waals surface area (Å²) in [5.74, 6) is 0.231. The van der Waals surface area contributed by atoms with Crippen LogP contribution in [0.3, 0.4) is 0 Å². The summed E-state index contributed by atoms with van der Waals surface area (Å²) in [6, 6.07) is 4.00. The van der Waals surface area contributed by atoms with Crippen molar-refractivity contribution in [2.75, 3.05) is 19.4 Å². The first-order valence-electron chi connectivity index (χ1n) is 6.20. The fourth-order valence-electron chi connectivity index (χ4n) is 2.35. The van der Waals surface area contributed by atoms with Gasteiger partial charge in [-0.3, -0.25) is 9.78 Å². The lowest BCUT2D eigenvalue weighted by Crippen LogP contribution is -2.33. The van der Waals surface area contributed by atoms with Crippen molar-refractivity contribution in [3.05, 3.63) is 24.0 Å². The van der Waals surface area contributed by atoms with E-state index in [4.69, 9.17) is 10.5 Å². The molecule has 0 amide bonds. The molecule has 0 aliphatic carbocycles. The van der Waals surface area contributed by atoms with Gasteiger partial charge in [-0.05, 0) is 37.4 Å². The van der Waals surface area contributed by atoms with Crippen LogP contribution in [0.15, 0.2) is 18.3 Å². The summed E-state index contributed by atoms with van der Waals surface area (Å²) < 4.78 is 4.72. The van der Waals surface area contributed by atoms with Crippen LogP contribution < -0.4 is 11.1 Å². The van der Waals surface area contributed by atoms with Gasteiger partial charge in [0.15, 0.2) is 0 Å². The van der Waals surface area contributed by atoms with Gasteiger partial charge in [-0.15, -0.1) is 0 Å². The molecule has 0 radical (unpaired) electrons. The van der Waals surface area contributed by atoms with Crippen LogP contribution >= 0.6 is 0 Å². The zero-order valence-electron chi connectivity index (χ0n) is 10.6. The number of pyridine rings is 1. The summed E-state index contributed by atoms with van der Waals surface area (Å²) in [6.07, 6.45) is 4.07. The number of rotatable bonds is 3. The Hall–Kier alpha value is -1.62. The highest BCUT2D eigenvalue weighted by Crippen LogP contribution is 2.28. The number of carbonyl (C=O) groups excluding carboxylic acids is 1. The summed E-state index contributed by atoms with van der Waals surface area (Å²) in [4.78, 5) is 15.6. The molecular weight excluding hydrogens is 230 g/mol. The lowest BCUT2D eigenvalue weighted by Gasteiger charge is -2.29. The van der Waals surface area contributed by atoms with Crippen molar-refractivity contribution in [1.29, 1.82) is 0 Å². The minimum atomic E-state index is -0.133. The number of methoxy groups -OCH3 is 1. The fourth-order valence-corrected chi connectivity index (χ4v) is 2.35. The van der Waals surface area contributed by atoms with Crippen LogP contribution in [0.1, 0.15) is 31.0 Å². The van der Waals surface area contributed by atoms with E-state index < -0.39 is 0 Å². The van der Waals surface area contributed by atoms with Gasteiger partial charge in [-0.2, -0.15) is 0 Å². The van der Waals surface area contributed by atoms with Gasteiger partial charge in [0.2, 0.25) is 0 Å². The van der Waals surface area contributed by atoms with Crippen LogP contribution in [0.25, 0.3) is 0 Å². The Labute approximate surface area is 107 Å². The van der Waals surface area contributed by atoms with Crippen molar-refractivity contribution >= 4 is 11.7 Å². The number of nitrogens with zero attached hydrogens (tertiary/aromatic N) is 1. The van der Waals surface area contributed by atoms with E-state index in [1.807, 2.05) is 12.1 Å². The number of hydrogen-bond donors (Lipinski definition) is 2. The van der Waals surface area contributed by atoms with Crippen molar-refractivity contribution < 1.29 is 9.53 Å². The first-order chi connectivity index (χ1) is 8.69. The number of piperidine rings is 1. The minimum absolute atomic E-state index is 0.133. The summed E-state index contributed by atoms with van der Waals surface area (Å²) >= 11 is 0. The van der Waals surface area contributed by atoms with E-state index in [9.17, 15) is 4.79 Å². The first kappa shape index (κ1) is 12.8. The predicted molar refractivity (Wildman–Crippen MR) is 68.8 cm³/mol. The smallest absolute Gasteiger partial charge is 0.305 e. The Bertz CT molecular complexity index is 405. The standard InChI is InChI=1S/C13H19N3O2/c1-18-13(17)7-9-4-5-15-12(6-9)11-3-2-10(14)8-16-11/h2-3,8-9,12,15H,4-7,14H2,1H3. The van der Waals surface area contributed by atoms with Gasteiger partial charge in [0.25, 0.3) is 0 Å². The van der Waals surface area contributed by atoms with E-state index in [2.05, 4.69) is 10.3 Å². The maximum absolute atomic E-state index is 11.3. The molecule has 1 fully saturated rings. The number of aromatic nitrogens is 1. The van der Waals surface area contributed by atoms with Crippen molar-refractivity contribution in [3.8, 4) is 0 Å². The number of nitrogens with one attached hydrogen (secondary N) is 1. The highest BCUT2D eigenvalue weighted by Gasteiger charge is 2.25. The number of nitrogens with two attached hydrogens (primary N) is 1. The van der Waals surface area contributed by atoms with Crippen LogP contribution in [0, 0.1) is 5.92 Å². The van der Waals surface area contributed by atoms with E-state index in [-0.39, 0.29) is 12.0 Å². The van der Waals surface area contributed by atoms with Crippen LogP contribution in [0.2, 0.25) is 0 Å². The van der Waals surface area contributed by atoms with Gasteiger partial charge in [0.05, 0.1) is 24.7 Å². The van der Waals surface area contributed by atoms with E-state index >= 15 is 0 Å². The summed E-state index contributed by atoms with van der Waals surface area (Å²) in [6.45, 7) is 0.901. The number of nitrogen functional groups attached to an aromatic ring is 1. The maximum atomic E-state index is 11.3. The third-order valence-electron chi connectivity index (χ3n) is 3.36. The zero-order valence-corrected chi connectivity index (χ0v) is 10.6. The molecule has 3 N–H and O–H groups in total. The van der Waals surface area contributed by atoms with Gasteiger partial charge in [0, 0.05) is 12.5 Å². The number of anilines is 1. The average Bonchev–Trinajstić information content (AvgIpc) is 2.40. The molecule has 2 rings (SSSR count). The second kappa shape index (κ2) is 5.82. The molecule has 1 saturated heterocycles. The zero-order chi connectivity index (χ0) is 13.0. The number of hydrogen-bond acceptors (Lipinski definition) is 5. The Morgan fingerprint density at radius 2 is 2.44 bits per heavy atom. The molecule has 1 aromatic heterocycles. The summed E-state index contributed by atoms with van der Waals surface area (Å²) in [5, 5.41) is 3.42. The molecule has 5 heteroatoms. The van der Waals surface area contributed by atoms with E-state index in [1.54, 1.807) is 6.20 Å². The highest BCUT2D eigenvalue weighted by atomic mass is 16.5. The second-order valence-electron chi connectivity index (χ2n) is 4.69. The highest BCUT2D eigenvalue weighted by molar-refractivity contribution is 5.69. The van der Waals surface area contributed by atoms with E-state index in [0.717, 1.165) is 25.1 Å². The molecule has 5 nitrogen and oxygen atoms in total. The van der Waals surface area contributed by atoms with E-state index in [1.165, 1.54) is 7.11 Å². The normalized spacial score (nSPS) is 23.6. The maximum Gasteiger partial charge on any atom is 0.305 e. The summed E-state index contributed by atoms with van der Waals surface area (Å²) in [5.41, 5.74) is 7.28. The van der Waals surface area contributed by atoms with Crippen LogP contribution in [-0.4, -0.2) is 24.6 Å². The molecule has 18 heavy (non-hydrogen) atoms. The van der Waals surface area contributed by atoms with Gasteiger partial charge < -0.3 is 15.8 Å². The van der Waals surface area contributed by atoms with Crippen LogP contribution in [0.5, 0.6) is 0 Å². The van der Waals surface area contributed by atoms with E-state index in [0.29, 0.717) is 18.0 Å². The van der Waals surface area contributed by atoms with Crippen LogP contribution in [0.4, 0.5) is 5.69 Å². The second-order valence-corrected chi connectivity index (χ2v) is 4.69. The number of ether oxygens (including phenoxy) is 1. The Kier molecular flexibility index (Phi) is 4.15. The van der Waals surface area contributed by atoms with Crippen molar-refractivity contribution in [2.45, 2.75) is 25.3 Å². The van der Waals surface area contributed by atoms with Gasteiger partial charge in [-0.25, -0.2) is 0 Å². The largest absolute Gasteiger partial charge is 0.469 e. The van der Waals surface area contributed by atoms with Gasteiger partial charge in [-0.1, -0.05) is 0 Å². The number of carbonyl (C=O) groups is 1. The molecule has 2 atom stereocenters. The molecule has 0 bridgehead atoms. The van der Waals surface area contributed by atoms with Crippen LogP contribution in [-0.2, 0) is 9.53 Å². The average molecular weight is 249 g/mol. The molecule has 1 aromatic rings. The van der Waals surface area contributed by atoms with Crippen molar-refractivity contribution in [3.63, 3.8) is 0 Å². The Balaban J connectivity index is 1.98. The van der Waals surface area contributed by atoms with Gasteiger partial charge in [0.1, 0.15) is 0 Å². The monoisotopic (exact) mass is 249 g/mol. The third kappa shape index (κ3) is 3.20. The van der Waals surface area contributed by atoms with Crippen molar-refractivity contribution in [2.24, 2.45) is 5.92 Å². The van der Waals surface area contributed by atoms with Crippen molar-refractivity contribution in [1.82, 2.24) is 10.3 Å². The number of esters is 1. The molecule has 0 spiro atoms. The molecule has 2 heterocycles. The Morgan fingerprint density at radius 3 is 3.11 bits per heavy atom. The molecule has 2 unspecified atom stereocenters. The quantitative estimate of drug-likeness (QED) is 0.789. The molecule has 0 saturated carbocycles. The molecule has 1 aliphatic rings. The molecule has 98 valence electrons. The molecule has 1 aliphatic heterocycles. The summed E-state index contributed by atoms with van der Waals surface area (Å²) in [7, 11) is 1.43. The minimum Gasteiger partial charge on any atom is -0.469 e. The van der Waals surface area contributed by atoms with Gasteiger partial charge >= 0.3 is 5.97 Å². The molecule has 0 aromatic carbocycles. The molecular formula is C13H19N3O2. The lowest BCUT2D eigenvalue weighted by molar-refractivity contribution is -0.142. The fraction of sp³-hybridized carbons (Fsp3) is 0.538. The topological polar surface area (TPSA) is 77.2 Å². The predicted octanol–water partition coefficient (Wildman–Crippen LogP) is 1.27. The third-order valence-corrected chi connectivity index (χ3v) is 3.36. The lowest BCUT2D eigenvalue weighted by atomic mass is 9.88. The SMILES string of the molecule is COC(=O)CC1CCNC(c2ccc(N)cn2)C1.